The highest BCUT2D eigenvalue weighted by Gasteiger charge is 2.26. The molecule has 2 amide bonds. The fourth-order valence-electron chi connectivity index (χ4n) is 2.52. The van der Waals surface area contributed by atoms with Gasteiger partial charge in [0.2, 0.25) is 0 Å². The molecule has 6 nitrogen and oxygen atoms in total. The van der Waals surface area contributed by atoms with Gasteiger partial charge in [-0.3, -0.25) is 0 Å². The van der Waals surface area contributed by atoms with E-state index in [-0.39, 0.29) is 12.1 Å². The van der Waals surface area contributed by atoms with Crippen LogP contribution in [-0.4, -0.2) is 22.2 Å². The topological polar surface area (TPSA) is 80.0 Å². The summed E-state index contributed by atoms with van der Waals surface area (Å²) < 4.78 is 5.15. The molecule has 1 saturated carbocycles. The number of amides is 2. The molecule has 0 bridgehead atoms. The SMILES string of the molecule is Cc1noc(C)c1C[C@@H](C)NC(=O)NCc1csc(C2CC2)n1. The van der Waals surface area contributed by atoms with Crippen molar-refractivity contribution in [1.82, 2.24) is 20.8 Å². The second-order valence-electron chi connectivity index (χ2n) is 6.19. The molecule has 124 valence electrons. The van der Waals surface area contributed by atoms with Crippen molar-refractivity contribution in [3.8, 4) is 0 Å². The van der Waals surface area contributed by atoms with Gasteiger partial charge in [0, 0.05) is 22.9 Å². The number of aromatic nitrogens is 2. The van der Waals surface area contributed by atoms with Crippen LogP contribution in [-0.2, 0) is 13.0 Å². The van der Waals surface area contributed by atoms with Crippen LogP contribution in [0.4, 0.5) is 4.79 Å². The smallest absolute Gasteiger partial charge is 0.315 e. The second kappa shape index (κ2) is 6.70. The van der Waals surface area contributed by atoms with Crippen LogP contribution in [0, 0.1) is 13.8 Å². The molecule has 0 radical (unpaired) electrons. The fraction of sp³-hybridized carbons (Fsp3) is 0.562. The summed E-state index contributed by atoms with van der Waals surface area (Å²) in [5.41, 5.74) is 2.88. The lowest BCUT2D eigenvalue weighted by Crippen LogP contribution is -2.41. The molecular weight excluding hydrogens is 312 g/mol. The highest BCUT2D eigenvalue weighted by Crippen LogP contribution is 2.41. The highest BCUT2D eigenvalue weighted by atomic mass is 32.1. The predicted molar refractivity (Wildman–Crippen MR) is 88.6 cm³/mol. The third-order valence-electron chi connectivity index (χ3n) is 4.00. The van der Waals surface area contributed by atoms with E-state index in [4.69, 9.17) is 4.52 Å². The van der Waals surface area contributed by atoms with Gasteiger partial charge < -0.3 is 15.2 Å². The number of nitrogens with zero attached hydrogens (tertiary/aromatic N) is 2. The first kappa shape index (κ1) is 16.0. The number of hydrogen-bond acceptors (Lipinski definition) is 5. The fourth-order valence-corrected chi connectivity index (χ4v) is 3.51. The number of hydrogen-bond donors (Lipinski definition) is 2. The van der Waals surface area contributed by atoms with E-state index in [1.807, 2.05) is 26.2 Å². The van der Waals surface area contributed by atoms with E-state index in [1.165, 1.54) is 17.8 Å². The van der Waals surface area contributed by atoms with Gasteiger partial charge in [-0.1, -0.05) is 5.16 Å². The predicted octanol–water partition coefficient (Wildman–Crippen LogP) is 3.06. The average molecular weight is 334 g/mol. The van der Waals surface area contributed by atoms with Crippen LogP contribution < -0.4 is 10.6 Å². The maximum atomic E-state index is 12.0. The number of urea groups is 1. The molecule has 0 spiro atoms. The van der Waals surface area contributed by atoms with Gasteiger partial charge in [0.05, 0.1) is 22.9 Å². The standard InChI is InChI=1S/C16H22N4O2S/c1-9(6-14-10(2)20-22-11(14)3)18-16(21)17-7-13-8-23-15(19-13)12-4-5-12/h8-9,12H,4-7H2,1-3H3,(H2,17,18,21)/t9-/m1/s1. The van der Waals surface area contributed by atoms with E-state index in [1.54, 1.807) is 11.3 Å². The van der Waals surface area contributed by atoms with Crippen molar-refractivity contribution in [1.29, 1.82) is 0 Å². The molecule has 0 aliphatic heterocycles. The Morgan fingerprint density at radius 1 is 1.48 bits per heavy atom. The van der Waals surface area contributed by atoms with Gasteiger partial charge in [0.15, 0.2) is 0 Å². The van der Waals surface area contributed by atoms with Crippen molar-refractivity contribution in [2.75, 3.05) is 0 Å². The Hall–Kier alpha value is -1.89. The third-order valence-corrected chi connectivity index (χ3v) is 5.05. The highest BCUT2D eigenvalue weighted by molar-refractivity contribution is 7.09. The van der Waals surface area contributed by atoms with Gasteiger partial charge >= 0.3 is 6.03 Å². The van der Waals surface area contributed by atoms with Crippen molar-refractivity contribution in [2.24, 2.45) is 0 Å². The number of carbonyl (C=O) groups excluding carboxylic acids is 1. The largest absolute Gasteiger partial charge is 0.361 e. The maximum absolute atomic E-state index is 12.0. The number of carbonyl (C=O) groups is 1. The zero-order chi connectivity index (χ0) is 16.4. The Kier molecular flexibility index (Phi) is 4.66. The molecular formula is C16H22N4O2S. The summed E-state index contributed by atoms with van der Waals surface area (Å²) in [5, 5.41) is 13.0. The lowest BCUT2D eigenvalue weighted by Gasteiger charge is -2.14. The molecule has 2 aromatic rings. The van der Waals surface area contributed by atoms with Gasteiger partial charge in [-0.15, -0.1) is 11.3 Å². The summed E-state index contributed by atoms with van der Waals surface area (Å²) in [4.78, 5) is 16.6. The van der Waals surface area contributed by atoms with Gasteiger partial charge in [-0.25, -0.2) is 9.78 Å². The maximum Gasteiger partial charge on any atom is 0.315 e. The lowest BCUT2D eigenvalue weighted by molar-refractivity contribution is 0.237. The molecule has 2 aromatic heterocycles. The van der Waals surface area contributed by atoms with Crippen LogP contribution in [0.3, 0.4) is 0 Å². The van der Waals surface area contributed by atoms with Crippen molar-refractivity contribution >= 4 is 17.4 Å². The van der Waals surface area contributed by atoms with E-state index < -0.39 is 0 Å². The minimum atomic E-state index is -0.176. The van der Waals surface area contributed by atoms with Crippen LogP contribution >= 0.6 is 11.3 Å². The molecule has 1 fully saturated rings. The zero-order valence-corrected chi connectivity index (χ0v) is 14.5. The van der Waals surface area contributed by atoms with Gasteiger partial charge in [-0.05, 0) is 40.0 Å². The Balaban J connectivity index is 1.44. The van der Waals surface area contributed by atoms with Crippen LogP contribution in [0.25, 0.3) is 0 Å². The molecule has 1 aliphatic rings. The molecule has 0 unspecified atom stereocenters. The minimum absolute atomic E-state index is 0.00394. The van der Waals surface area contributed by atoms with E-state index in [0.29, 0.717) is 18.9 Å². The molecule has 0 aromatic carbocycles. The molecule has 1 atom stereocenters. The minimum Gasteiger partial charge on any atom is -0.361 e. The van der Waals surface area contributed by atoms with Gasteiger partial charge in [-0.2, -0.15) is 0 Å². The van der Waals surface area contributed by atoms with Crippen LogP contribution in [0.5, 0.6) is 0 Å². The Morgan fingerprint density at radius 3 is 2.91 bits per heavy atom. The van der Waals surface area contributed by atoms with Crippen molar-refractivity contribution < 1.29 is 9.32 Å². The quantitative estimate of drug-likeness (QED) is 0.851. The first-order valence-electron chi connectivity index (χ1n) is 7.93. The normalized spacial score (nSPS) is 15.4. The molecule has 0 saturated heterocycles. The van der Waals surface area contributed by atoms with E-state index >= 15 is 0 Å². The monoisotopic (exact) mass is 334 g/mol. The van der Waals surface area contributed by atoms with Crippen LogP contribution in [0.15, 0.2) is 9.90 Å². The van der Waals surface area contributed by atoms with Crippen LogP contribution in [0.1, 0.15) is 53.4 Å². The molecule has 3 rings (SSSR count). The third kappa shape index (κ3) is 4.10. The summed E-state index contributed by atoms with van der Waals surface area (Å²) in [6.07, 6.45) is 3.21. The van der Waals surface area contributed by atoms with E-state index in [0.717, 1.165) is 22.7 Å². The summed E-state index contributed by atoms with van der Waals surface area (Å²) in [6, 6.07) is -0.172. The average Bonchev–Trinajstić information content (AvgIpc) is 3.18. The van der Waals surface area contributed by atoms with Crippen LogP contribution in [0.2, 0.25) is 0 Å². The number of thiazole rings is 1. The van der Waals surface area contributed by atoms with Gasteiger partial charge in [0.1, 0.15) is 5.76 Å². The summed E-state index contributed by atoms with van der Waals surface area (Å²) in [5.74, 6) is 1.48. The Morgan fingerprint density at radius 2 is 2.26 bits per heavy atom. The number of rotatable bonds is 6. The van der Waals surface area contributed by atoms with Gasteiger partial charge in [0.25, 0.3) is 0 Å². The van der Waals surface area contributed by atoms with Crippen molar-refractivity contribution in [3.63, 3.8) is 0 Å². The zero-order valence-electron chi connectivity index (χ0n) is 13.7. The van der Waals surface area contributed by atoms with E-state index in [2.05, 4.69) is 20.8 Å². The first-order valence-corrected chi connectivity index (χ1v) is 8.81. The molecule has 23 heavy (non-hydrogen) atoms. The summed E-state index contributed by atoms with van der Waals surface area (Å²) in [6.45, 7) is 6.24. The summed E-state index contributed by atoms with van der Waals surface area (Å²) in [7, 11) is 0. The van der Waals surface area contributed by atoms with Crippen molar-refractivity contribution in [3.05, 3.63) is 33.1 Å². The molecule has 2 N–H and O–H groups in total. The Bertz CT molecular complexity index is 671. The van der Waals surface area contributed by atoms with E-state index in [9.17, 15) is 4.79 Å². The lowest BCUT2D eigenvalue weighted by atomic mass is 10.1. The summed E-state index contributed by atoms with van der Waals surface area (Å²) >= 11 is 1.69. The number of aryl methyl sites for hydroxylation is 2. The number of nitrogens with one attached hydrogen (secondary N) is 2. The Labute approximate surface area is 139 Å². The first-order chi connectivity index (χ1) is 11.0. The molecule has 2 heterocycles. The molecule has 1 aliphatic carbocycles. The molecule has 7 heteroatoms. The second-order valence-corrected chi connectivity index (χ2v) is 7.08. The van der Waals surface area contributed by atoms with Crippen molar-refractivity contribution in [2.45, 2.75) is 58.5 Å².